The van der Waals surface area contributed by atoms with Crippen LogP contribution in [0.1, 0.15) is 28.3 Å². The van der Waals surface area contributed by atoms with Crippen LogP contribution < -0.4 is 5.32 Å². The molecule has 0 saturated heterocycles. The third-order valence-corrected chi connectivity index (χ3v) is 3.23. The predicted molar refractivity (Wildman–Crippen MR) is 71.0 cm³/mol. The van der Waals surface area contributed by atoms with E-state index in [1.807, 2.05) is 39.1 Å². The van der Waals surface area contributed by atoms with Crippen LogP contribution in [0.3, 0.4) is 0 Å². The first-order chi connectivity index (χ1) is 8.65. The third-order valence-electron chi connectivity index (χ3n) is 3.23. The number of hydrogen-bond acceptors (Lipinski definition) is 2. The Morgan fingerprint density at radius 2 is 1.83 bits per heavy atom. The number of nitrogens with zero attached hydrogens (tertiary/aromatic N) is 1. The summed E-state index contributed by atoms with van der Waals surface area (Å²) in [7, 11) is 1.84. The van der Waals surface area contributed by atoms with Gasteiger partial charge in [-0.25, -0.2) is 4.39 Å². The fourth-order valence-corrected chi connectivity index (χ4v) is 2.36. The van der Waals surface area contributed by atoms with Gasteiger partial charge in [0.2, 0.25) is 0 Å². The number of halogens is 1. The molecule has 0 amide bonds. The number of rotatable bonds is 3. The Bertz CT molecular complexity index is 532. The van der Waals surface area contributed by atoms with Gasteiger partial charge in [-0.3, -0.25) is 4.98 Å². The Kier molecular flexibility index (Phi) is 3.72. The van der Waals surface area contributed by atoms with Crippen molar-refractivity contribution in [2.45, 2.75) is 19.9 Å². The average molecular weight is 244 g/mol. The Morgan fingerprint density at radius 1 is 1.17 bits per heavy atom. The molecule has 0 spiro atoms. The Labute approximate surface area is 107 Å². The number of pyridine rings is 1. The van der Waals surface area contributed by atoms with Crippen LogP contribution in [-0.2, 0) is 0 Å². The standard InChI is InChI=1S/C15H17FN2/c1-10-5-4-6-11(2)14(10)15(17-3)12-7-8-18-9-13(12)16/h4-9,15,17H,1-3H3. The second-order valence-corrected chi connectivity index (χ2v) is 4.42. The molecule has 1 atom stereocenters. The molecule has 0 fully saturated rings. The molecule has 18 heavy (non-hydrogen) atoms. The van der Waals surface area contributed by atoms with Gasteiger partial charge in [0.15, 0.2) is 0 Å². The lowest BCUT2D eigenvalue weighted by Gasteiger charge is -2.21. The molecule has 94 valence electrons. The predicted octanol–water partition coefficient (Wildman–Crippen LogP) is 3.15. The van der Waals surface area contributed by atoms with Crippen molar-refractivity contribution < 1.29 is 4.39 Å². The fraction of sp³-hybridized carbons (Fsp3) is 0.267. The highest BCUT2D eigenvalue weighted by Gasteiger charge is 2.19. The molecule has 3 heteroatoms. The fourth-order valence-electron chi connectivity index (χ4n) is 2.36. The van der Waals surface area contributed by atoms with Crippen molar-refractivity contribution in [2.75, 3.05) is 7.05 Å². The zero-order valence-corrected chi connectivity index (χ0v) is 10.9. The molecule has 0 radical (unpaired) electrons. The molecule has 1 unspecified atom stereocenters. The highest BCUT2D eigenvalue weighted by atomic mass is 19.1. The summed E-state index contributed by atoms with van der Waals surface area (Å²) in [5.74, 6) is -0.278. The van der Waals surface area contributed by atoms with Gasteiger partial charge in [-0.15, -0.1) is 0 Å². The van der Waals surface area contributed by atoms with Crippen molar-refractivity contribution in [3.8, 4) is 0 Å². The lowest BCUT2D eigenvalue weighted by molar-refractivity contribution is 0.569. The average Bonchev–Trinajstić information content (AvgIpc) is 2.35. The van der Waals surface area contributed by atoms with Gasteiger partial charge in [0, 0.05) is 11.8 Å². The van der Waals surface area contributed by atoms with E-state index in [1.54, 1.807) is 12.3 Å². The van der Waals surface area contributed by atoms with E-state index in [9.17, 15) is 4.39 Å². The minimum atomic E-state index is -0.278. The number of hydrogen-bond donors (Lipinski definition) is 1. The second kappa shape index (κ2) is 5.27. The maximum absolute atomic E-state index is 13.9. The van der Waals surface area contributed by atoms with E-state index in [-0.39, 0.29) is 11.9 Å². The van der Waals surface area contributed by atoms with E-state index in [1.165, 1.54) is 6.20 Å². The summed E-state index contributed by atoms with van der Waals surface area (Å²) in [6.07, 6.45) is 2.88. The lowest BCUT2D eigenvalue weighted by atomic mass is 9.91. The molecule has 2 nitrogen and oxygen atoms in total. The van der Waals surface area contributed by atoms with Gasteiger partial charge in [-0.2, -0.15) is 0 Å². The van der Waals surface area contributed by atoms with E-state index in [0.717, 1.165) is 16.7 Å². The molecule has 1 N–H and O–H groups in total. The summed E-state index contributed by atoms with van der Waals surface area (Å²) in [5, 5.41) is 3.19. The van der Waals surface area contributed by atoms with Crippen LogP contribution in [0.15, 0.2) is 36.7 Å². The molecule has 0 saturated carbocycles. The van der Waals surface area contributed by atoms with E-state index < -0.39 is 0 Å². The summed E-state index contributed by atoms with van der Waals surface area (Å²) in [5.41, 5.74) is 4.08. The minimum absolute atomic E-state index is 0.144. The highest BCUT2D eigenvalue weighted by molar-refractivity contribution is 5.41. The first-order valence-corrected chi connectivity index (χ1v) is 5.98. The molecule has 0 aliphatic carbocycles. The van der Waals surface area contributed by atoms with E-state index in [2.05, 4.69) is 10.3 Å². The summed E-state index contributed by atoms with van der Waals surface area (Å²) < 4.78 is 13.9. The molecule has 0 aliphatic rings. The van der Waals surface area contributed by atoms with Gasteiger partial charge < -0.3 is 5.32 Å². The minimum Gasteiger partial charge on any atom is -0.309 e. The second-order valence-electron chi connectivity index (χ2n) is 4.42. The molecular weight excluding hydrogens is 227 g/mol. The summed E-state index contributed by atoms with van der Waals surface area (Å²) >= 11 is 0. The zero-order valence-electron chi connectivity index (χ0n) is 10.9. The maximum atomic E-state index is 13.9. The first kappa shape index (κ1) is 12.7. The molecule has 1 aromatic heterocycles. The molecule has 2 rings (SSSR count). The van der Waals surface area contributed by atoms with E-state index in [4.69, 9.17) is 0 Å². The van der Waals surface area contributed by atoms with Crippen molar-refractivity contribution in [2.24, 2.45) is 0 Å². The zero-order chi connectivity index (χ0) is 13.1. The summed E-state index contributed by atoms with van der Waals surface area (Å²) in [4.78, 5) is 3.80. The third kappa shape index (κ3) is 2.27. The van der Waals surface area contributed by atoms with Gasteiger partial charge >= 0.3 is 0 Å². The number of aromatic nitrogens is 1. The van der Waals surface area contributed by atoms with Crippen LogP contribution in [-0.4, -0.2) is 12.0 Å². The lowest BCUT2D eigenvalue weighted by Crippen LogP contribution is -2.21. The van der Waals surface area contributed by atoms with Gasteiger partial charge in [0.05, 0.1) is 12.2 Å². The normalized spacial score (nSPS) is 12.4. The maximum Gasteiger partial charge on any atom is 0.146 e. The van der Waals surface area contributed by atoms with E-state index >= 15 is 0 Å². The van der Waals surface area contributed by atoms with Crippen molar-refractivity contribution in [3.63, 3.8) is 0 Å². The van der Waals surface area contributed by atoms with Crippen molar-refractivity contribution in [1.29, 1.82) is 0 Å². The van der Waals surface area contributed by atoms with Crippen LogP contribution >= 0.6 is 0 Å². The monoisotopic (exact) mass is 244 g/mol. The largest absolute Gasteiger partial charge is 0.309 e. The number of nitrogens with one attached hydrogen (secondary N) is 1. The SMILES string of the molecule is CNC(c1ccncc1F)c1c(C)cccc1C. The molecule has 2 aromatic rings. The summed E-state index contributed by atoms with van der Waals surface area (Å²) in [6.45, 7) is 4.09. The van der Waals surface area contributed by atoms with Gasteiger partial charge in [0.25, 0.3) is 0 Å². The first-order valence-electron chi connectivity index (χ1n) is 5.98. The number of aryl methyl sites for hydroxylation is 2. The van der Waals surface area contributed by atoms with Crippen molar-refractivity contribution in [3.05, 3.63) is 64.7 Å². The molecule has 0 bridgehead atoms. The summed E-state index contributed by atoms with van der Waals surface area (Å²) in [6, 6.07) is 7.69. The Balaban J connectivity index is 2.56. The number of benzene rings is 1. The molecular formula is C15H17FN2. The molecule has 1 heterocycles. The topological polar surface area (TPSA) is 24.9 Å². The van der Waals surface area contributed by atoms with Crippen LogP contribution in [0.2, 0.25) is 0 Å². The highest BCUT2D eigenvalue weighted by Crippen LogP contribution is 2.28. The molecule has 1 aromatic carbocycles. The van der Waals surface area contributed by atoms with Crippen LogP contribution in [0, 0.1) is 19.7 Å². The quantitative estimate of drug-likeness (QED) is 0.897. The van der Waals surface area contributed by atoms with Gasteiger partial charge in [0.1, 0.15) is 5.82 Å². The van der Waals surface area contributed by atoms with Crippen LogP contribution in [0.5, 0.6) is 0 Å². The Hall–Kier alpha value is -1.74. The smallest absolute Gasteiger partial charge is 0.146 e. The van der Waals surface area contributed by atoms with Crippen LogP contribution in [0.4, 0.5) is 4.39 Å². The van der Waals surface area contributed by atoms with Crippen molar-refractivity contribution in [1.82, 2.24) is 10.3 Å². The van der Waals surface area contributed by atoms with E-state index in [0.29, 0.717) is 5.56 Å². The Morgan fingerprint density at radius 3 is 2.39 bits per heavy atom. The van der Waals surface area contributed by atoms with Gasteiger partial charge in [-0.05, 0) is 43.7 Å². The molecule has 0 aliphatic heterocycles. The van der Waals surface area contributed by atoms with Gasteiger partial charge in [-0.1, -0.05) is 18.2 Å². The van der Waals surface area contributed by atoms with Crippen molar-refractivity contribution >= 4 is 0 Å². The van der Waals surface area contributed by atoms with Crippen LogP contribution in [0.25, 0.3) is 0 Å².